The van der Waals surface area contributed by atoms with Crippen LogP contribution in [0.5, 0.6) is 0 Å². The van der Waals surface area contributed by atoms with Gasteiger partial charge in [0.25, 0.3) is 0 Å². The van der Waals surface area contributed by atoms with Gasteiger partial charge < -0.3 is 16.2 Å². The Hall–Kier alpha value is -0.820. The molecule has 0 fully saturated rings. The molecule has 1 aromatic rings. The number of hydrogen-bond donors (Lipinski definition) is 2. The molecular weight excluding hydrogens is 341 g/mol. The van der Waals surface area contributed by atoms with Gasteiger partial charge in [-0.05, 0) is 24.8 Å². The molecule has 0 radical (unpaired) electrons. The molecule has 4 nitrogen and oxygen atoms in total. The lowest BCUT2D eigenvalue weighted by Gasteiger charge is -2.03. The first-order valence-corrected chi connectivity index (χ1v) is 5.96. The van der Waals surface area contributed by atoms with E-state index >= 15 is 0 Å². The van der Waals surface area contributed by atoms with Gasteiger partial charge in [0.05, 0.1) is 6.61 Å². The molecule has 102 valence electrons. The number of nitrogens with two attached hydrogens (primary N) is 2. The number of unbranched alkanes of at least 4 members (excludes halogenated alkanes) is 1. The summed E-state index contributed by atoms with van der Waals surface area (Å²) in [4.78, 5) is 3.91. The van der Waals surface area contributed by atoms with E-state index in [0.29, 0.717) is 6.54 Å². The number of ether oxygens (including phenoxy) is 1. The van der Waals surface area contributed by atoms with E-state index in [1.807, 2.05) is 18.2 Å². The van der Waals surface area contributed by atoms with Gasteiger partial charge in [-0.1, -0.05) is 30.3 Å². The summed E-state index contributed by atoms with van der Waals surface area (Å²) in [6, 6.07) is 10.3. The van der Waals surface area contributed by atoms with E-state index in [-0.39, 0.29) is 29.9 Å². The fourth-order valence-corrected chi connectivity index (χ4v) is 1.46. The first kappa shape index (κ1) is 17.2. The molecule has 0 aliphatic heterocycles. The SMILES string of the molecule is I.NC(N)=NCCCCOCCc1ccccc1. The van der Waals surface area contributed by atoms with Gasteiger partial charge in [-0.15, -0.1) is 24.0 Å². The Morgan fingerprint density at radius 1 is 1.06 bits per heavy atom. The number of hydrogen-bond acceptors (Lipinski definition) is 2. The first-order valence-electron chi connectivity index (χ1n) is 5.96. The number of rotatable bonds is 8. The van der Waals surface area contributed by atoms with Crippen molar-refractivity contribution in [3.05, 3.63) is 35.9 Å². The highest BCUT2D eigenvalue weighted by Crippen LogP contribution is 2.00. The highest BCUT2D eigenvalue weighted by Gasteiger charge is 1.92. The Kier molecular flexibility index (Phi) is 10.8. The maximum absolute atomic E-state index is 5.53. The van der Waals surface area contributed by atoms with Crippen LogP contribution in [0.1, 0.15) is 18.4 Å². The molecule has 0 spiro atoms. The van der Waals surface area contributed by atoms with Gasteiger partial charge in [0.1, 0.15) is 0 Å². The zero-order chi connectivity index (χ0) is 12.3. The van der Waals surface area contributed by atoms with Crippen molar-refractivity contribution in [2.45, 2.75) is 19.3 Å². The molecule has 0 aromatic heterocycles. The van der Waals surface area contributed by atoms with Crippen molar-refractivity contribution < 1.29 is 4.74 Å². The van der Waals surface area contributed by atoms with Gasteiger partial charge in [0.15, 0.2) is 5.96 Å². The van der Waals surface area contributed by atoms with Crippen molar-refractivity contribution >= 4 is 29.9 Å². The van der Waals surface area contributed by atoms with E-state index in [0.717, 1.165) is 32.5 Å². The zero-order valence-corrected chi connectivity index (χ0v) is 12.9. The van der Waals surface area contributed by atoms with Crippen LogP contribution >= 0.6 is 24.0 Å². The third-order valence-corrected chi connectivity index (χ3v) is 2.37. The van der Waals surface area contributed by atoms with Crippen molar-refractivity contribution in [3.63, 3.8) is 0 Å². The van der Waals surface area contributed by atoms with E-state index in [1.165, 1.54) is 5.56 Å². The number of guanidine groups is 1. The average molecular weight is 363 g/mol. The number of nitrogens with zero attached hydrogens (tertiary/aromatic N) is 1. The van der Waals surface area contributed by atoms with E-state index in [4.69, 9.17) is 16.2 Å². The summed E-state index contributed by atoms with van der Waals surface area (Å²) in [6.45, 7) is 2.23. The van der Waals surface area contributed by atoms with Crippen LogP contribution in [0.15, 0.2) is 35.3 Å². The van der Waals surface area contributed by atoms with Crippen molar-refractivity contribution in [2.24, 2.45) is 16.5 Å². The Labute approximate surface area is 126 Å². The normalized spacial score (nSPS) is 9.56. The average Bonchev–Trinajstić information content (AvgIpc) is 2.33. The van der Waals surface area contributed by atoms with Gasteiger partial charge in [-0.2, -0.15) is 0 Å². The summed E-state index contributed by atoms with van der Waals surface area (Å²) in [5.41, 5.74) is 11.7. The monoisotopic (exact) mass is 363 g/mol. The topological polar surface area (TPSA) is 73.6 Å². The Bertz CT molecular complexity index is 326. The van der Waals surface area contributed by atoms with Crippen molar-refractivity contribution in [1.29, 1.82) is 0 Å². The minimum absolute atomic E-state index is 0. The quantitative estimate of drug-likeness (QED) is 0.321. The van der Waals surface area contributed by atoms with E-state index in [9.17, 15) is 0 Å². The van der Waals surface area contributed by atoms with Crippen LogP contribution in [0.25, 0.3) is 0 Å². The molecule has 0 heterocycles. The molecule has 1 rings (SSSR count). The molecular formula is C13H22IN3O. The number of aliphatic imine (C=N–C) groups is 1. The zero-order valence-electron chi connectivity index (χ0n) is 10.5. The summed E-state index contributed by atoms with van der Waals surface area (Å²) in [5, 5.41) is 0. The van der Waals surface area contributed by atoms with E-state index in [2.05, 4.69) is 17.1 Å². The smallest absolute Gasteiger partial charge is 0.185 e. The standard InChI is InChI=1S/C13H21N3O.HI/c14-13(15)16-9-4-5-10-17-11-8-12-6-2-1-3-7-12;/h1-3,6-7H,4-5,8-11H2,(H4,14,15,16);1H. The molecule has 0 aliphatic rings. The molecule has 18 heavy (non-hydrogen) atoms. The van der Waals surface area contributed by atoms with Crippen LogP contribution in [0.2, 0.25) is 0 Å². The molecule has 0 saturated heterocycles. The second-order valence-electron chi connectivity index (χ2n) is 3.86. The molecule has 0 amide bonds. The molecule has 4 N–H and O–H groups in total. The fourth-order valence-electron chi connectivity index (χ4n) is 1.46. The maximum Gasteiger partial charge on any atom is 0.185 e. The van der Waals surface area contributed by atoms with E-state index < -0.39 is 0 Å². The molecule has 0 unspecified atom stereocenters. The van der Waals surface area contributed by atoms with Gasteiger partial charge in [0.2, 0.25) is 0 Å². The van der Waals surface area contributed by atoms with E-state index in [1.54, 1.807) is 0 Å². The summed E-state index contributed by atoms with van der Waals surface area (Å²) >= 11 is 0. The summed E-state index contributed by atoms with van der Waals surface area (Å²) in [5.74, 6) is 0.162. The van der Waals surface area contributed by atoms with Crippen molar-refractivity contribution in [2.75, 3.05) is 19.8 Å². The third-order valence-electron chi connectivity index (χ3n) is 2.37. The highest BCUT2D eigenvalue weighted by molar-refractivity contribution is 14.0. The third kappa shape index (κ3) is 9.23. The van der Waals surface area contributed by atoms with Gasteiger partial charge >= 0.3 is 0 Å². The lowest BCUT2D eigenvalue weighted by atomic mass is 10.2. The highest BCUT2D eigenvalue weighted by atomic mass is 127. The Morgan fingerprint density at radius 2 is 1.78 bits per heavy atom. The molecule has 0 atom stereocenters. The van der Waals surface area contributed by atoms with Crippen LogP contribution in [-0.4, -0.2) is 25.7 Å². The van der Waals surface area contributed by atoms with Gasteiger partial charge in [0, 0.05) is 13.2 Å². The predicted molar refractivity (Wildman–Crippen MR) is 86.3 cm³/mol. The summed E-state index contributed by atoms with van der Waals surface area (Å²) in [7, 11) is 0. The van der Waals surface area contributed by atoms with Crippen LogP contribution in [0.3, 0.4) is 0 Å². The van der Waals surface area contributed by atoms with Gasteiger partial charge in [-0.3, -0.25) is 4.99 Å². The van der Waals surface area contributed by atoms with Crippen LogP contribution in [0.4, 0.5) is 0 Å². The van der Waals surface area contributed by atoms with Crippen LogP contribution in [0, 0.1) is 0 Å². The second kappa shape index (κ2) is 11.3. The molecule has 0 saturated carbocycles. The number of benzene rings is 1. The Balaban J connectivity index is 0.00000289. The molecule has 0 aliphatic carbocycles. The predicted octanol–water partition coefficient (Wildman–Crippen LogP) is 1.92. The van der Waals surface area contributed by atoms with Crippen LogP contribution in [-0.2, 0) is 11.2 Å². The molecule has 5 heteroatoms. The lowest BCUT2D eigenvalue weighted by molar-refractivity contribution is 0.134. The Morgan fingerprint density at radius 3 is 2.44 bits per heavy atom. The van der Waals surface area contributed by atoms with Crippen LogP contribution < -0.4 is 11.5 Å². The minimum atomic E-state index is 0. The van der Waals surface area contributed by atoms with Gasteiger partial charge in [-0.25, -0.2) is 0 Å². The first-order chi connectivity index (χ1) is 8.29. The minimum Gasteiger partial charge on any atom is -0.381 e. The number of halogens is 1. The lowest BCUT2D eigenvalue weighted by Crippen LogP contribution is -2.22. The summed E-state index contributed by atoms with van der Waals surface area (Å²) < 4.78 is 5.53. The fraction of sp³-hybridized carbons (Fsp3) is 0.462. The summed E-state index contributed by atoms with van der Waals surface area (Å²) in [6.07, 6.45) is 2.92. The maximum atomic E-state index is 5.53. The van der Waals surface area contributed by atoms with Crippen molar-refractivity contribution in [1.82, 2.24) is 0 Å². The molecule has 1 aromatic carbocycles. The van der Waals surface area contributed by atoms with Crippen molar-refractivity contribution in [3.8, 4) is 0 Å². The largest absolute Gasteiger partial charge is 0.381 e. The second-order valence-corrected chi connectivity index (χ2v) is 3.86. The molecule has 0 bridgehead atoms.